The lowest BCUT2D eigenvalue weighted by molar-refractivity contribution is -0.122. The molecule has 11 nitrogen and oxygen atoms in total. The third kappa shape index (κ3) is 8.09. The number of ketones is 1. The van der Waals surface area contributed by atoms with E-state index >= 15 is 0 Å². The molecule has 0 fully saturated rings. The van der Waals surface area contributed by atoms with E-state index in [1.165, 1.54) is 18.1 Å². The van der Waals surface area contributed by atoms with Crippen LogP contribution in [-0.2, 0) is 25.9 Å². The van der Waals surface area contributed by atoms with Crippen LogP contribution in [0.15, 0.2) is 52.4 Å². The summed E-state index contributed by atoms with van der Waals surface area (Å²) in [4.78, 5) is 29.0. The average molecular weight is 533 g/mol. The summed E-state index contributed by atoms with van der Waals surface area (Å²) in [6, 6.07) is 12.1. The highest BCUT2D eigenvalue weighted by Gasteiger charge is 2.24. The van der Waals surface area contributed by atoms with Crippen molar-refractivity contribution in [3.05, 3.63) is 59.2 Å². The maximum atomic E-state index is 12.5. The van der Waals surface area contributed by atoms with Crippen molar-refractivity contribution < 1.29 is 32.6 Å². The van der Waals surface area contributed by atoms with Crippen LogP contribution < -0.4 is 15.4 Å². The molecule has 3 N–H and O–H groups in total. The first-order chi connectivity index (χ1) is 17.7. The highest BCUT2D eigenvalue weighted by molar-refractivity contribution is 7.91. The Hall–Kier alpha value is -3.32. The van der Waals surface area contributed by atoms with Crippen LogP contribution in [0.5, 0.6) is 5.75 Å². The molecule has 37 heavy (non-hydrogen) atoms. The normalized spacial score (nSPS) is 13.5. The lowest BCUT2D eigenvalue weighted by atomic mass is 10.1. The van der Waals surface area contributed by atoms with Crippen molar-refractivity contribution in [3.8, 4) is 5.75 Å². The van der Waals surface area contributed by atoms with Crippen molar-refractivity contribution in [2.45, 2.75) is 18.4 Å². The number of rotatable bonds is 14. The van der Waals surface area contributed by atoms with Gasteiger partial charge in [-0.3, -0.25) is 14.7 Å². The SMILES string of the molecule is COc1ccc(S(=O)(=O)CNCCOCC(=O)CNCc2ccc(C3=NCCN3C(=O)O)cc2)c(C)c1. The zero-order valence-corrected chi connectivity index (χ0v) is 21.7. The number of methoxy groups -OCH3 is 1. The number of nitrogens with one attached hydrogen (secondary N) is 2. The van der Waals surface area contributed by atoms with Gasteiger partial charge in [0.15, 0.2) is 15.6 Å². The number of Topliss-reactive ketones (excluding diaryl/α,β-unsaturated/α-hetero) is 1. The van der Waals surface area contributed by atoms with E-state index in [0.29, 0.717) is 36.8 Å². The van der Waals surface area contributed by atoms with E-state index in [4.69, 9.17) is 9.47 Å². The summed E-state index contributed by atoms with van der Waals surface area (Å²) >= 11 is 0. The second-order valence-corrected chi connectivity index (χ2v) is 10.4. The van der Waals surface area contributed by atoms with Crippen LogP contribution in [0.3, 0.4) is 0 Å². The van der Waals surface area contributed by atoms with Crippen molar-refractivity contribution in [1.29, 1.82) is 0 Å². The lowest BCUT2D eigenvalue weighted by Gasteiger charge is -2.14. The topological polar surface area (TPSA) is 147 Å². The van der Waals surface area contributed by atoms with Gasteiger partial charge in [-0.15, -0.1) is 0 Å². The summed E-state index contributed by atoms with van der Waals surface area (Å²) < 4.78 is 35.5. The van der Waals surface area contributed by atoms with Crippen molar-refractivity contribution in [2.24, 2.45) is 4.99 Å². The van der Waals surface area contributed by atoms with Gasteiger partial charge in [0.05, 0.1) is 38.2 Å². The van der Waals surface area contributed by atoms with Gasteiger partial charge >= 0.3 is 6.09 Å². The molecule has 0 spiro atoms. The van der Waals surface area contributed by atoms with E-state index in [0.717, 1.165) is 11.1 Å². The predicted octanol–water partition coefficient (Wildman–Crippen LogP) is 1.44. The first-order valence-corrected chi connectivity index (χ1v) is 13.4. The number of nitrogens with zero attached hydrogens (tertiary/aromatic N) is 2. The molecule has 0 bridgehead atoms. The van der Waals surface area contributed by atoms with Crippen molar-refractivity contribution in [2.75, 3.05) is 52.4 Å². The number of ether oxygens (including phenoxy) is 2. The highest BCUT2D eigenvalue weighted by Crippen LogP contribution is 2.21. The number of amides is 1. The maximum absolute atomic E-state index is 12.5. The summed E-state index contributed by atoms with van der Waals surface area (Å²) in [5, 5.41) is 15.1. The van der Waals surface area contributed by atoms with Crippen LogP contribution >= 0.6 is 0 Å². The summed E-state index contributed by atoms with van der Waals surface area (Å²) in [5.41, 5.74) is 2.28. The predicted molar refractivity (Wildman–Crippen MR) is 138 cm³/mol. The Morgan fingerprint density at radius 2 is 1.89 bits per heavy atom. The molecule has 1 amide bonds. The molecule has 0 radical (unpaired) electrons. The minimum atomic E-state index is -3.51. The second-order valence-electron chi connectivity index (χ2n) is 8.42. The van der Waals surface area contributed by atoms with Gasteiger partial charge in [0, 0.05) is 18.7 Å². The van der Waals surface area contributed by atoms with E-state index < -0.39 is 15.9 Å². The summed E-state index contributed by atoms with van der Waals surface area (Å²) in [5.74, 6) is 0.677. The molecular formula is C25H32N4O7S. The quantitative estimate of drug-likeness (QED) is 0.308. The summed E-state index contributed by atoms with van der Waals surface area (Å²) in [6.45, 7) is 3.51. The molecular weight excluding hydrogens is 500 g/mol. The molecule has 2 aromatic rings. The molecule has 200 valence electrons. The Labute approximate surface area is 216 Å². The van der Waals surface area contributed by atoms with Crippen LogP contribution in [0.1, 0.15) is 16.7 Å². The van der Waals surface area contributed by atoms with Crippen LogP contribution in [0.4, 0.5) is 4.79 Å². The Balaban J connectivity index is 1.30. The highest BCUT2D eigenvalue weighted by atomic mass is 32.2. The Kier molecular flexibility index (Phi) is 10.1. The molecule has 0 unspecified atom stereocenters. The zero-order chi connectivity index (χ0) is 26.8. The largest absolute Gasteiger partial charge is 0.497 e. The van der Waals surface area contributed by atoms with E-state index in [-0.39, 0.29) is 42.9 Å². The molecule has 12 heteroatoms. The number of benzene rings is 2. The van der Waals surface area contributed by atoms with E-state index in [1.807, 2.05) is 24.3 Å². The number of carbonyl (C=O) groups excluding carboxylic acids is 1. The monoisotopic (exact) mass is 532 g/mol. The molecule has 3 rings (SSSR count). The standard InChI is InChI=1S/C25H32N4O7S/c1-18-13-22(35-2)7-8-23(18)37(33,34)17-26-10-12-36-16-21(30)15-27-14-19-3-5-20(6-4-19)24-28-9-11-29(24)25(31)32/h3-8,13,26-27H,9-12,14-17H2,1-2H3,(H,31,32). The minimum Gasteiger partial charge on any atom is -0.497 e. The number of aliphatic imine (C=N–C) groups is 1. The first-order valence-electron chi connectivity index (χ1n) is 11.7. The fourth-order valence-corrected chi connectivity index (χ4v) is 5.16. The molecule has 0 aromatic heterocycles. The van der Waals surface area contributed by atoms with Gasteiger partial charge in [-0.25, -0.2) is 13.2 Å². The van der Waals surface area contributed by atoms with Crippen LogP contribution in [0.2, 0.25) is 0 Å². The molecule has 0 aliphatic carbocycles. The first kappa shape index (κ1) is 28.3. The number of aryl methyl sites for hydroxylation is 1. The van der Waals surface area contributed by atoms with E-state index in [9.17, 15) is 23.1 Å². The fourth-order valence-electron chi connectivity index (χ4n) is 3.76. The maximum Gasteiger partial charge on any atom is 0.413 e. The van der Waals surface area contributed by atoms with Gasteiger partial charge in [0.2, 0.25) is 0 Å². The van der Waals surface area contributed by atoms with Gasteiger partial charge in [0.1, 0.15) is 24.1 Å². The molecule has 0 saturated carbocycles. The average Bonchev–Trinajstić information content (AvgIpc) is 3.37. The van der Waals surface area contributed by atoms with E-state index in [1.54, 1.807) is 19.1 Å². The van der Waals surface area contributed by atoms with Gasteiger partial charge < -0.3 is 25.2 Å². The zero-order valence-electron chi connectivity index (χ0n) is 20.9. The smallest absolute Gasteiger partial charge is 0.413 e. The van der Waals surface area contributed by atoms with Gasteiger partial charge in [-0.05, 0) is 36.2 Å². The molecule has 1 aliphatic rings. The number of hydrogen-bond donors (Lipinski definition) is 3. The van der Waals surface area contributed by atoms with Crippen molar-refractivity contribution in [3.63, 3.8) is 0 Å². The van der Waals surface area contributed by atoms with Gasteiger partial charge in [-0.1, -0.05) is 24.3 Å². The minimum absolute atomic E-state index is 0.0806. The van der Waals surface area contributed by atoms with E-state index in [2.05, 4.69) is 15.6 Å². The third-order valence-corrected chi connectivity index (χ3v) is 7.34. The molecule has 2 aromatic carbocycles. The van der Waals surface area contributed by atoms with Crippen LogP contribution in [-0.4, -0.2) is 88.5 Å². The number of carboxylic acid groups (broad SMARTS) is 1. The molecule has 0 saturated heterocycles. The van der Waals surface area contributed by atoms with Crippen molar-refractivity contribution >= 4 is 27.5 Å². The lowest BCUT2D eigenvalue weighted by Crippen LogP contribution is -2.33. The van der Waals surface area contributed by atoms with Gasteiger partial charge in [0.25, 0.3) is 0 Å². The summed E-state index contributed by atoms with van der Waals surface area (Å²) in [6.07, 6.45) is -1.02. The Bertz CT molecular complexity index is 1230. The molecule has 1 heterocycles. The molecule has 0 atom stereocenters. The number of carbonyl (C=O) groups is 2. The van der Waals surface area contributed by atoms with Crippen LogP contribution in [0.25, 0.3) is 0 Å². The molecule has 1 aliphatic heterocycles. The van der Waals surface area contributed by atoms with Gasteiger partial charge in [-0.2, -0.15) is 0 Å². The Morgan fingerprint density at radius 3 is 2.57 bits per heavy atom. The summed E-state index contributed by atoms with van der Waals surface area (Å²) in [7, 11) is -1.98. The second kappa shape index (κ2) is 13.3. The number of sulfone groups is 1. The van der Waals surface area contributed by atoms with Crippen molar-refractivity contribution in [1.82, 2.24) is 15.5 Å². The number of amidine groups is 1. The fraction of sp³-hybridized carbons (Fsp3) is 0.400. The third-order valence-electron chi connectivity index (χ3n) is 5.63. The number of hydrogen-bond acceptors (Lipinski definition) is 9. The van der Waals surface area contributed by atoms with Crippen LogP contribution in [0, 0.1) is 6.92 Å². The Morgan fingerprint density at radius 1 is 1.14 bits per heavy atom.